The van der Waals surface area contributed by atoms with Crippen LogP contribution >= 0.6 is 0 Å². The normalized spacial score (nSPS) is 15.7. The number of aromatic nitrogens is 2. The average molecular weight is 392 g/mol. The molecule has 0 bridgehead atoms. The van der Waals surface area contributed by atoms with Gasteiger partial charge in [-0.1, -0.05) is 36.4 Å². The monoisotopic (exact) mass is 391 g/mol. The van der Waals surface area contributed by atoms with Gasteiger partial charge < -0.3 is 4.74 Å². The standard InChI is InChI=1S/C24H29N3O2/c1-26-21-9-5-4-8-20(21)24(25-26)22(28)12-11-18-13-15-27(16-14-18)17-19-7-3-6-10-23(19)29-2/h3-10,18H,11-17H2,1-2H3. The van der Waals surface area contributed by atoms with Crippen LogP contribution in [0.15, 0.2) is 48.5 Å². The van der Waals surface area contributed by atoms with Crippen molar-refractivity contribution < 1.29 is 9.53 Å². The third kappa shape index (κ3) is 4.35. The molecule has 0 unspecified atom stereocenters. The number of likely N-dealkylation sites (tertiary alicyclic amines) is 1. The van der Waals surface area contributed by atoms with E-state index in [2.05, 4.69) is 22.1 Å². The number of Topliss-reactive ketones (excluding diaryl/α,β-unsaturated/α-hetero) is 1. The van der Waals surface area contributed by atoms with Crippen molar-refractivity contribution in [1.82, 2.24) is 14.7 Å². The number of piperidine rings is 1. The number of ether oxygens (including phenoxy) is 1. The van der Waals surface area contributed by atoms with Crippen molar-refractivity contribution in [3.63, 3.8) is 0 Å². The van der Waals surface area contributed by atoms with Gasteiger partial charge in [-0.2, -0.15) is 5.10 Å². The highest BCUT2D eigenvalue weighted by Crippen LogP contribution is 2.27. The van der Waals surface area contributed by atoms with Crippen LogP contribution in [0.1, 0.15) is 41.7 Å². The number of aryl methyl sites for hydroxylation is 1. The van der Waals surface area contributed by atoms with Crippen molar-refractivity contribution in [3.05, 3.63) is 59.8 Å². The number of carbonyl (C=O) groups is 1. The summed E-state index contributed by atoms with van der Waals surface area (Å²) in [4.78, 5) is 15.3. The predicted molar refractivity (Wildman–Crippen MR) is 115 cm³/mol. The van der Waals surface area contributed by atoms with Crippen LogP contribution < -0.4 is 4.74 Å². The lowest BCUT2D eigenvalue weighted by atomic mass is 9.90. The lowest BCUT2D eigenvalue weighted by molar-refractivity contribution is 0.0957. The lowest BCUT2D eigenvalue weighted by Gasteiger charge is -2.32. The highest BCUT2D eigenvalue weighted by molar-refractivity contribution is 6.05. The number of fused-ring (bicyclic) bond motifs is 1. The van der Waals surface area contributed by atoms with Gasteiger partial charge in [0.15, 0.2) is 5.78 Å². The van der Waals surface area contributed by atoms with Crippen molar-refractivity contribution in [2.24, 2.45) is 13.0 Å². The number of hydrogen-bond donors (Lipinski definition) is 0. The molecule has 0 spiro atoms. The summed E-state index contributed by atoms with van der Waals surface area (Å²) in [6, 6.07) is 16.2. The van der Waals surface area contributed by atoms with E-state index in [1.54, 1.807) is 11.8 Å². The number of nitrogens with zero attached hydrogens (tertiary/aromatic N) is 3. The lowest BCUT2D eigenvalue weighted by Crippen LogP contribution is -2.33. The molecule has 4 rings (SSSR count). The zero-order valence-electron chi connectivity index (χ0n) is 17.3. The first-order valence-corrected chi connectivity index (χ1v) is 10.4. The van der Waals surface area contributed by atoms with Crippen LogP contribution in [0.4, 0.5) is 0 Å². The van der Waals surface area contributed by atoms with Crippen LogP contribution in [0.3, 0.4) is 0 Å². The third-order valence-corrected chi connectivity index (χ3v) is 6.10. The van der Waals surface area contributed by atoms with E-state index >= 15 is 0 Å². The summed E-state index contributed by atoms with van der Waals surface area (Å²) < 4.78 is 7.28. The largest absolute Gasteiger partial charge is 0.496 e. The second kappa shape index (κ2) is 8.78. The number of benzene rings is 2. The third-order valence-electron chi connectivity index (χ3n) is 6.10. The molecule has 152 valence electrons. The summed E-state index contributed by atoms with van der Waals surface area (Å²) in [5.74, 6) is 1.74. The minimum Gasteiger partial charge on any atom is -0.496 e. The van der Waals surface area contributed by atoms with Crippen LogP contribution in [-0.2, 0) is 13.6 Å². The van der Waals surface area contributed by atoms with Gasteiger partial charge in [-0.25, -0.2) is 0 Å². The maximum absolute atomic E-state index is 12.8. The Bertz CT molecular complexity index is 987. The van der Waals surface area contributed by atoms with Crippen molar-refractivity contribution in [1.29, 1.82) is 0 Å². The Morgan fingerprint density at radius 2 is 1.83 bits per heavy atom. The van der Waals surface area contributed by atoms with Gasteiger partial charge in [-0.3, -0.25) is 14.4 Å². The topological polar surface area (TPSA) is 47.4 Å². The first-order valence-electron chi connectivity index (χ1n) is 10.4. The number of ketones is 1. The quantitative estimate of drug-likeness (QED) is 0.558. The predicted octanol–water partition coefficient (Wildman–Crippen LogP) is 4.46. The SMILES string of the molecule is COc1ccccc1CN1CCC(CCC(=O)c2nn(C)c3ccccc23)CC1. The molecule has 0 aliphatic carbocycles. The second-order valence-corrected chi connectivity index (χ2v) is 7.98. The summed E-state index contributed by atoms with van der Waals surface area (Å²) in [5, 5.41) is 5.44. The average Bonchev–Trinajstić information content (AvgIpc) is 3.10. The molecule has 1 aliphatic heterocycles. The fourth-order valence-electron chi connectivity index (χ4n) is 4.38. The smallest absolute Gasteiger partial charge is 0.183 e. The van der Waals surface area contributed by atoms with E-state index in [0.29, 0.717) is 18.0 Å². The Morgan fingerprint density at radius 1 is 1.10 bits per heavy atom. The van der Waals surface area contributed by atoms with Gasteiger partial charge in [0.1, 0.15) is 11.4 Å². The van der Waals surface area contributed by atoms with Gasteiger partial charge in [0.25, 0.3) is 0 Å². The molecule has 2 heterocycles. The molecule has 5 nitrogen and oxygen atoms in total. The van der Waals surface area contributed by atoms with Gasteiger partial charge >= 0.3 is 0 Å². The molecule has 1 aromatic heterocycles. The maximum Gasteiger partial charge on any atom is 0.183 e. The fourth-order valence-corrected chi connectivity index (χ4v) is 4.38. The van der Waals surface area contributed by atoms with E-state index in [1.807, 2.05) is 43.4 Å². The van der Waals surface area contributed by atoms with E-state index in [4.69, 9.17) is 4.74 Å². The number of rotatable bonds is 7. The van der Waals surface area contributed by atoms with E-state index < -0.39 is 0 Å². The molecule has 0 saturated carbocycles. The molecule has 0 N–H and O–H groups in total. The maximum atomic E-state index is 12.8. The summed E-state index contributed by atoms with van der Waals surface area (Å²) >= 11 is 0. The van der Waals surface area contributed by atoms with E-state index in [0.717, 1.165) is 55.5 Å². The van der Waals surface area contributed by atoms with E-state index in [-0.39, 0.29) is 5.78 Å². The minimum absolute atomic E-state index is 0.165. The highest BCUT2D eigenvalue weighted by Gasteiger charge is 2.22. The second-order valence-electron chi connectivity index (χ2n) is 7.98. The molecule has 1 saturated heterocycles. The van der Waals surface area contributed by atoms with Crippen molar-refractivity contribution in [2.75, 3.05) is 20.2 Å². The Kier molecular flexibility index (Phi) is 5.95. The molecule has 5 heteroatoms. The molecule has 0 atom stereocenters. The first kappa shape index (κ1) is 19.6. The van der Waals surface area contributed by atoms with Crippen LogP contribution in [0.25, 0.3) is 10.9 Å². The molecule has 1 fully saturated rings. The summed E-state index contributed by atoms with van der Waals surface area (Å²) in [6.45, 7) is 3.07. The Balaban J connectivity index is 1.29. The van der Waals surface area contributed by atoms with Gasteiger partial charge in [-0.15, -0.1) is 0 Å². The summed E-state index contributed by atoms with van der Waals surface area (Å²) in [7, 11) is 3.63. The highest BCUT2D eigenvalue weighted by atomic mass is 16.5. The van der Waals surface area contributed by atoms with Crippen LogP contribution in [0, 0.1) is 5.92 Å². The molecule has 1 aliphatic rings. The Labute approximate surface area is 172 Å². The number of methoxy groups -OCH3 is 1. The first-order chi connectivity index (χ1) is 14.2. The van der Waals surface area contributed by atoms with Gasteiger partial charge in [0.2, 0.25) is 0 Å². The molecule has 0 radical (unpaired) electrons. The molecule has 2 aromatic carbocycles. The van der Waals surface area contributed by atoms with Crippen LogP contribution in [0.2, 0.25) is 0 Å². The van der Waals surface area contributed by atoms with Crippen molar-refractivity contribution in [3.8, 4) is 5.75 Å². The van der Waals surface area contributed by atoms with Gasteiger partial charge in [-0.05, 0) is 50.4 Å². The molecular formula is C24H29N3O2. The number of para-hydroxylation sites is 2. The summed E-state index contributed by atoms with van der Waals surface area (Å²) in [6.07, 6.45) is 3.82. The molecular weight excluding hydrogens is 362 g/mol. The van der Waals surface area contributed by atoms with Gasteiger partial charge in [0, 0.05) is 31.0 Å². The van der Waals surface area contributed by atoms with Crippen LogP contribution in [-0.4, -0.2) is 40.7 Å². The zero-order valence-corrected chi connectivity index (χ0v) is 17.3. The molecule has 0 amide bonds. The minimum atomic E-state index is 0.165. The van der Waals surface area contributed by atoms with Crippen LogP contribution in [0.5, 0.6) is 5.75 Å². The van der Waals surface area contributed by atoms with Crippen molar-refractivity contribution >= 4 is 16.7 Å². The number of carbonyl (C=O) groups excluding carboxylic acids is 1. The van der Waals surface area contributed by atoms with E-state index in [9.17, 15) is 4.79 Å². The zero-order chi connectivity index (χ0) is 20.2. The molecule has 3 aromatic rings. The van der Waals surface area contributed by atoms with Gasteiger partial charge in [0.05, 0.1) is 12.6 Å². The summed E-state index contributed by atoms with van der Waals surface area (Å²) in [5.41, 5.74) is 2.88. The van der Waals surface area contributed by atoms with Crippen molar-refractivity contribution in [2.45, 2.75) is 32.2 Å². The van der Waals surface area contributed by atoms with E-state index in [1.165, 1.54) is 5.56 Å². The Hall–Kier alpha value is -2.66. The fraction of sp³-hybridized carbons (Fsp3) is 0.417. The molecule has 29 heavy (non-hydrogen) atoms. The number of hydrogen-bond acceptors (Lipinski definition) is 4. The Morgan fingerprint density at radius 3 is 2.62 bits per heavy atom.